The van der Waals surface area contributed by atoms with E-state index < -0.39 is 0 Å². The third-order valence-electron chi connectivity index (χ3n) is 2.75. The van der Waals surface area contributed by atoms with Gasteiger partial charge in [0, 0.05) is 36.2 Å². The molecule has 92 valence electrons. The minimum Gasteiger partial charge on any atom is -0.337 e. The fraction of sp³-hybridized carbons (Fsp3) is 0.500. The van der Waals surface area contributed by atoms with Crippen molar-refractivity contribution in [3.8, 4) is 0 Å². The Balaban J connectivity index is 2.21. The normalized spacial score (nSPS) is 11.9. The van der Waals surface area contributed by atoms with E-state index in [-0.39, 0.29) is 5.41 Å². The van der Waals surface area contributed by atoms with Gasteiger partial charge in [-0.1, -0.05) is 20.8 Å². The SMILES string of the molecule is CC(C)(C)c1c[nH]c(=S)n1CCn1cccn1. The summed E-state index contributed by atoms with van der Waals surface area (Å²) in [5.74, 6) is 0. The van der Waals surface area contributed by atoms with Crippen molar-refractivity contribution in [2.45, 2.75) is 39.3 Å². The molecule has 0 spiro atoms. The van der Waals surface area contributed by atoms with Gasteiger partial charge in [0.05, 0.1) is 6.54 Å². The molecule has 0 radical (unpaired) electrons. The highest BCUT2D eigenvalue weighted by Gasteiger charge is 2.18. The van der Waals surface area contributed by atoms with Crippen molar-refractivity contribution in [3.63, 3.8) is 0 Å². The molecule has 0 saturated heterocycles. The molecular weight excluding hydrogens is 232 g/mol. The Labute approximate surface area is 106 Å². The molecule has 0 amide bonds. The summed E-state index contributed by atoms with van der Waals surface area (Å²) in [7, 11) is 0. The molecule has 0 fully saturated rings. The van der Waals surface area contributed by atoms with Crippen LogP contribution in [0.1, 0.15) is 26.5 Å². The van der Waals surface area contributed by atoms with Crippen LogP contribution in [0.4, 0.5) is 0 Å². The first-order chi connectivity index (χ1) is 7.98. The second-order valence-electron chi connectivity index (χ2n) is 5.15. The van der Waals surface area contributed by atoms with Gasteiger partial charge >= 0.3 is 0 Å². The van der Waals surface area contributed by atoms with Gasteiger partial charge in [0.1, 0.15) is 0 Å². The van der Waals surface area contributed by atoms with Crippen molar-refractivity contribution in [2.24, 2.45) is 0 Å². The lowest BCUT2D eigenvalue weighted by Crippen LogP contribution is -2.19. The summed E-state index contributed by atoms with van der Waals surface area (Å²) in [5, 5.41) is 4.20. The molecule has 4 nitrogen and oxygen atoms in total. The van der Waals surface area contributed by atoms with Gasteiger partial charge in [0.15, 0.2) is 4.77 Å². The van der Waals surface area contributed by atoms with Gasteiger partial charge in [-0.15, -0.1) is 0 Å². The summed E-state index contributed by atoms with van der Waals surface area (Å²) in [5.41, 5.74) is 1.33. The number of imidazole rings is 1. The molecule has 0 aromatic carbocycles. The molecule has 2 heterocycles. The molecule has 0 aliphatic rings. The van der Waals surface area contributed by atoms with Crippen LogP contribution in [0.2, 0.25) is 0 Å². The molecule has 1 N–H and O–H groups in total. The Hall–Kier alpha value is -1.36. The molecule has 2 aromatic heterocycles. The molecular formula is C12H18N4S. The Bertz CT molecular complexity index is 528. The Morgan fingerprint density at radius 1 is 1.35 bits per heavy atom. The van der Waals surface area contributed by atoms with Crippen molar-refractivity contribution >= 4 is 12.2 Å². The number of aromatic amines is 1. The first-order valence-corrected chi connectivity index (χ1v) is 6.15. The minimum absolute atomic E-state index is 0.0949. The number of nitrogens with zero attached hydrogens (tertiary/aromatic N) is 3. The summed E-state index contributed by atoms with van der Waals surface area (Å²) in [6.07, 6.45) is 5.76. The van der Waals surface area contributed by atoms with E-state index in [2.05, 4.69) is 35.4 Å². The average Bonchev–Trinajstić information content (AvgIpc) is 2.83. The number of nitrogens with one attached hydrogen (secondary N) is 1. The second-order valence-corrected chi connectivity index (χ2v) is 5.54. The Kier molecular flexibility index (Phi) is 3.19. The van der Waals surface area contributed by atoms with E-state index in [4.69, 9.17) is 12.2 Å². The number of hydrogen-bond donors (Lipinski definition) is 1. The first-order valence-electron chi connectivity index (χ1n) is 5.74. The van der Waals surface area contributed by atoms with Crippen LogP contribution in [-0.2, 0) is 18.5 Å². The van der Waals surface area contributed by atoms with Gasteiger partial charge in [0.2, 0.25) is 0 Å². The third kappa shape index (κ3) is 2.66. The molecule has 0 unspecified atom stereocenters. The lowest BCUT2D eigenvalue weighted by atomic mass is 9.92. The smallest absolute Gasteiger partial charge is 0.177 e. The van der Waals surface area contributed by atoms with E-state index in [1.54, 1.807) is 6.20 Å². The minimum atomic E-state index is 0.0949. The highest BCUT2D eigenvalue weighted by atomic mass is 32.1. The van der Waals surface area contributed by atoms with Gasteiger partial charge in [-0.2, -0.15) is 5.10 Å². The predicted molar refractivity (Wildman–Crippen MR) is 70.5 cm³/mol. The van der Waals surface area contributed by atoms with Crippen LogP contribution in [0.15, 0.2) is 24.7 Å². The van der Waals surface area contributed by atoms with E-state index in [0.717, 1.165) is 17.9 Å². The van der Waals surface area contributed by atoms with Gasteiger partial charge < -0.3 is 9.55 Å². The topological polar surface area (TPSA) is 38.5 Å². The van der Waals surface area contributed by atoms with Crippen molar-refractivity contribution in [1.82, 2.24) is 19.3 Å². The highest BCUT2D eigenvalue weighted by molar-refractivity contribution is 7.71. The number of aryl methyl sites for hydroxylation is 1. The average molecular weight is 250 g/mol. The standard InChI is InChI=1S/C12H18N4S/c1-12(2,3)10-9-13-11(17)16(10)8-7-15-6-4-5-14-15/h4-6,9H,7-8H2,1-3H3,(H,13,17). The van der Waals surface area contributed by atoms with Gasteiger partial charge in [0.25, 0.3) is 0 Å². The number of aromatic nitrogens is 4. The van der Waals surface area contributed by atoms with Crippen molar-refractivity contribution in [3.05, 3.63) is 35.1 Å². The predicted octanol–water partition coefficient (Wildman–Crippen LogP) is 2.74. The monoisotopic (exact) mass is 250 g/mol. The van der Waals surface area contributed by atoms with Crippen LogP contribution in [0.25, 0.3) is 0 Å². The molecule has 0 bridgehead atoms. The lowest BCUT2D eigenvalue weighted by molar-refractivity contribution is 0.472. The number of hydrogen-bond acceptors (Lipinski definition) is 2. The summed E-state index contributed by atoms with van der Waals surface area (Å²) in [6.45, 7) is 8.25. The van der Waals surface area contributed by atoms with Gasteiger partial charge in [-0.3, -0.25) is 4.68 Å². The number of rotatable bonds is 3. The fourth-order valence-electron chi connectivity index (χ4n) is 1.87. The van der Waals surface area contributed by atoms with Crippen LogP contribution in [-0.4, -0.2) is 19.3 Å². The number of H-pyrrole nitrogens is 1. The van der Waals surface area contributed by atoms with E-state index >= 15 is 0 Å². The van der Waals surface area contributed by atoms with Crippen molar-refractivity contribution in [2.75, 3.05) is 0 Å². The van der Waals surface area contributed by atoms with Crippen LogP contribution in [0.5, 0.6) is 0 Å². The van der Waals surface area contributed by atoms with Crippen LogP contribution < -0.4 is 0 Å². The summed E-state index contributed by atoms with van der Waals surface area (Å²) in [4.78, 5) is 3.12. The zero-order chi connectivity index (χ0) is 12.5. The van der Waals surface area contributed by atoms with E-state index in [1.807, 2.05) is 23.1 Å². The van der Waals surface area contributed by atoms with E-state index in [9.17, 15) is 0 Å². The second kappa shape index (κ2) is 4.49. The van der Waals surface area contributed by atoms with E-state index in [0.29, 0.717) is 0 Å². The van der Waals surface area contributed by atoms with Crippen LogP contribution in [0, 0.1) is 4.77 Å². The molecule has 0 saturated carbocycles. The summed E-state index contributed by atoms with van der Waals surface area (Å²) >= 11 is 5.31. The Morgan fingerprint density at radius 2 is 2.12 bits per heavy atom. The molecule has 2 aromatic rings. The van der Waals surface area contributed by atoms with Crippen molar-refractivity contribution in [1.29, 1.82) is 0 Å². The highest BCUT2D eigenvalue weighted by Crippen LogP contribution is 2.22. The zero-order valence-corrected chi connectivity index (χ0v) is 11.3. The Morgan fingerprint density at radius 3 is 2.71 bits per heavy atom. The maximum absolute atomic E-state index is 5.31. The molecule has 17 heavy (non-hydrogen) atoms. The largest absolute Gasteiger partial charge is 0.337 e. The maximum atomic E-state index is 5.31. The van der Waals surface area contributed by atoms with E-state index in [1.165, 1.54) is 5.69 Å². The van der Waals surface area contributed by atoms with Crippen LogP contribution in [0.3, 0.4) is 0 Å². The fourth-order valence-corrected chi connectivity index (χ4v) is 2.12. The zero-order valence-electron chi connectivity index (χ0n) is 10.5. The molecule has 5 heteroatoms. The summed E-state index contributed by atoms with van der Waals surface area (Å²) < 4.78 is 4.85. The first kappa shape index (κ1) is 12.1. The molecule has 0 aliphatic carbocycles. The molecule has 0 aliphatic heterocycles. The lowest BCUT2D eigenvalue weighted by Gasteiger charge is -2.20. The molecule has 2 rings (SSSR count). The van der Waals surface area contributed by atoms with Gasteiger partial charge in [-0.05, 0) is 18.3 Å². The van der Waals surface area contributed by atoms with Crippen LogP contribution >= 0.6 is 12.2 Å². The maximum Gasteiger partial charge on any atom is 0.177 e. The van der Waals surface area contributed by atoms with Gasteiger partial charge in [-0.25, -0.2) is 0 Å². The third-order valence-corrected chi connectivity index (χ3v) is 3.09. The quantitative estimate of drug-likeness (QED) is 0.851. The summed E-state index contributed by atoms with van der Waals surface area (Å²) in [6, 6.07) is 1.93. The van der Waals surface area contributed by atoms with Crippen molar-refractivity contribution < 1.29 is 0 Å². The molecule has 0 atom stereocenters.